The number of nitrogens with two attached hydrogens (primary N) is 1. The van der Waals surface area contributed by atoms with Gasteiger partial charge in [0.15, 0.2) is 0 Å². The van der Waals surface area contributed by atoms with Crippen LogP contribution in [-0.2, 0) is 4.74 Å². The summed E-state index contributed by atoms with van der Waals surface area (Å²) in [6.07, 6.45) is 1.14. The Balaban J connectivity index is 1.90. The van der Waals surface area contributed by atoms with Crippen molar-refractivity contribution in [2.75, 3.05) is 37.9 Å². The van der Waals surface area contributed by atoms with E-state index in [1.165, 1.54) is 0 Å². The van der Waals surface area contributed by atoms with E-state index in [1.807, 2.05) is 31.2 Å². The predicted molar refractivity (Wildman–Crippen MR) is 128 cm³/mol. The molecule has 2 aromatic carbocycles. The highest BCUT2D eigenvalue weighted by Crippen LogP contribution is 2.38. The minimum atomic E-state index is 0.188. The summed E-state index contributed by atoms with van der Waals surface area (Å²) < 4.78 is 11.1. The fourth-order valence-electron chi connectivity index (χ4n) is 4.31. The molecule has 1 aromatic heterocycles. The Kier molecular flexibility index (Phi) is 6.17. The monoisotopic (exact) mass is 439 g/mol. The van der Waals surface area contributed by atoms with Crippen LogP contribution in [0.15, 0.2) is 42.5 Å². The minimum absolute atomic E-state index is 0.188. The first-order chi connectivity index (χ1) is 16.0. The Labute approximate surface area is 193 Å². The van der Waals surface area contributed by atoms with Crippen molar-refractivity contribution < 1.29 is 9.47 Å². The Hall–Kier alpha value is -4.07. The van der Waals surface area contributed by atoms with Gasteiger partial charge >= 0.3 is 0 Å². The van der Waals surface area contributed by atoms with E-state index in [0.717, 1.165) is 36.3 Å². The summed E-state index contributed by atoms with van der Waals surface area (Å²) in [7, 11) is 3.36. The standard InChI is InChI=1S/C26H25N5O2/c1-16-17(13-27)5-4-6-22(16)26-24(14-28)23(12-25(29)30-26)18-9-19(11-21(10-18)33-3)31-8-7-20(15-31)32-2/h4-6,9-12,20H,7-8,15H2,1-3H3,(H2,29,30)/t20-/m1/s1. The topological polar surface area (TPSA) is 108 Å². The van der Waals surface area contributed by atoms with E-state index in [1.54, 1.807) is 32.4 Å². The van der Waals surface area contributed by atoms with Gasteiger partial charge in [-0.05, 0) is 48.7 Å². The molecule has 1 fully saturated rings. The van der Waals surface area contributed by atoms with Crippen molar-refractivity contribution in [3.8, 4) is 40.3 Å². The second kappa shape index (κ2) is 9.20. The molecule has 7 nitrogen and oxygen atoms in total. The number of methoxy groups -OCH3 is 2. The molecular formula is C26H25N5O2. The van der Waals surface area contributed by atoms with Crippen molar-refractivity contribution >= 4 is 11.5 Å². The van der Waals surface area contributed by atoms with E-state index < -0.39 is 0 Å². The van der Waals surface area contributed by atoms with Crippen molar-refractivity contribution in [3.63, 3.8) is 0 Å². The molecule has 0 bridgehead atoms. The molecule has 0 amide bonds. The zero-order valence-corrected chi connectivity index (χ0v) is 18.9. The number of aromatic nitrogens is 1. The molecule has 2 heterocycles. The SMILES string of the molecule is COc1cc(-c2cc(N)nc(-c3cccc(C#N)c3C)c2C#N)cc(N2CC[C@@H](OC)C2)c1. The van der Waals surface area contributed by atoms with E-state index in [4.69, 9.17) is 15.2 Å². The van der Waals surface area contributed by atoms with E-state index in [0.29, 0.717) is 39.5 Å². The lowest BCUT2D eigenvalue weighted by Crippen LogP contribution is -2.22. The van der Waals surface area contributed by atoms with Crippen LogP contribution in [-0.4, -0.2) is 38.4 Å². The third-order valence-electron chi connectivity index (χ3n) is 6.14. The van der Waals surface area contributed by atoms with Crippen LogP contribution in [0.2, 0.25) is 0 Å². The Bertz CT molecular complexity index is 1290. The van der Waals surface area contributed by atoms with E-state index >= 15 is 0 Å². The van der Waals surface area contributed by atoms with Crippen LogP contribution < -0.4 is 15.4 Å². The fourth-order valence-corrected chi connectivity index (χ4v) is 4.31. The summed E-state index contributed by atoms with van der Waals surface area (Å²) >= 11 is 0. The number of ether oxygens (including phenoxy) is 2. The van der Waals surface area contributed by atoms with Gasteiger partial charge in [-0.3, -0.25) is 0 Å². The summed E-state index contributed by atoms with van der Waals surface area (Å²) in [5, 5.41) is 19.6. The van der Waals surface area contributed by atoms with Crippen molar-refractivity contribution in [2.45, 2.75) is 19.4 Å². The summed E-state index contributed by atoms with van der Waals surface area (Å²) in [6, 6.07) is 17.5. The highest BCUT2D eigenvalue weighted by Gasteiger charge is 2.24. The number of hydrogen-bond donors (Lipinski definition) is 1. The second-order valence-electron chi connectivity index (χ2n) is 8.03. The Morgan fingerprint density at radius 3 is 2.58 bits per heavy atom. The molecule has 1 atom stereocenters. The van der Waals surface area contributed by atoms with Crippen LogP contribution in [0.4, 0.5) is 11.5 Å². The van der Waals surface area contributed by atoms with Crippen molar-refractivity contribution in [3.05, 3.63) is 59.2 Å². The maximum atomic E-state index is 10.2. The highest BCUT2D eigenvalue weighted by molar-refractivity contribution is 5.85. The smallest absolute Gasteiger partial charge is 0.124 e. The van der Waals surface area contributed by atoms with Crippen LogP contribution in [0.5, 0.6) is 5.75 Å². The lowest BCUT2D eigenvalue weighted by atomic mass is 9.93. The molecule has 3 aromatic rings. The molecule has 7 heteroatoms. The quantitative estimate of drug-likeness (QED) is 0.632. The zero-order valence-electron chi connectivity index (χ0n) is 18.9. The summed E-state index contributed by atoms with van der Waals surface area (Å²) in [5.41, 5.74) is 11.5. The first kappa shape index (κ1) is 22.1. The number of rotatable bonds is 5. The molecule has 0 unspecified atom stereocenters. The predicted octanol–water partition coefficient (Wildman–Crippen LogP) is 4.28. The molecule has 0 saturated carbocycles. The van der Waals surface area contributed by atoms with Crippen molar-refractivity contribution in [1.82, 2.24) is 4.98 Å². The number of benzene rings is 2. The van der Waals surface area contributed by atoms with Gasteiger partial charge in [-0.15, -0.1) is 0 Å². The number of nitrogens with zero attached hydrogens (tertiary/aromatic N) is 4. The number of anilines is 2. The van der Waals surface area contributed by atoms with Crippen molar-refractivity contribution in [2.24, 2.45) is 0 Å². The van der Waals surface area contributed by atoms with E-state index in [2.05, 4.69) is 22.0 Å². The van der Waals surface area contributed by atoms with Crippen molar-refractivity contribution in [1.29, 1.82) is 10.5 Å². The number of pyridine rings is 1. The average Bonchev–Trinajstić information content (AvgIpc) is 3.33. The molecule has 1 aliphatic heterocycles. The largest absolute Gasteiger partial charge is 0.497 e. The zero-order chi connectivity index (χ0) is 23.5. The molecule has 33 heavy (non-hydrogen) atoms. The fraction of sp³-hybridized carbons (Fsp3) is 0.269. The second-order valence-corrected chi connectivity index (χ2v) is 8.03. The van der Waals surface area contributed by atoms with Gasteiger partial charge in [-0.2, -0.15) is 10.5 Å². The van der Waals surface area contributed by atoms with Gasteiger partial charge in [0.05, 0.1) is 36.1 Å². The molecule has 0 spiro atoms. The average molecular weight is 440 g/mol. The lowest BCUT2D eigenvalue weighted by molar-refractivity contribution is 0.121. The van der Waals surface area contributed by atoms with Gasteiger partial charge in [0.25, 0.3) is 0 Å². The van der Waals surface area contributed by atoms with Gasteiger partial charge in [-0.1, -0.05) is 12.1 Å². The van der Waals surface area contributed by atoms with Crippen LogP contribution in [0.3, 0.4) is 0 Å². The molecule has 4 rings (SSSR count). The molecule has 1 aliphatic rings. The summed E-state index contributed by atoms with van der Waals surface area (Å²) in [4.78, 5) is 6.74. The number of nitriles is 2. The third-order valence-corrected chi connectivity index (χ3v) is 6.14. The maximum Gasteiger partial charge on any atom is 0.124 e. The van der Waals surface area contributed by atoms with Gasteiger partial charge in [0.2, 0.25) is 0 Å². The van der Waals surface area contributed by atoms with Gasteiger partial charge in [-0.25, -0.2) is 4.98 Å². The molecular weight excluding hydrogens is 414 g/mol. The van der Waals surface area contributed by atoms with Gasteiger partial charge in [0.1, 0.15) is 17.6 Å². The van der Waals surface area contributed by atoms with Gasteiger partial charge < -0.3 is 20.1 Å². The normalized spacial score (nSPS) is 15.2. The molecule has 0 radical (unpaired) electrons. The van der Waals surface area contributed by atoms with Crippen LogP contribution in [0, 0.1) is 29.6 Å². The third kappa shape index (κ3) is 4.19. The molecule has 166 valence electrons. The lowest BCUT2D eigenvalue weighted by Gasteiger charge is -2.21. The van der Waals surface area contributed by atoms with Crippen LogP contribution >= 0.6 is 0 Å². The number of hydrogen-bond acceptors (Lipinski definition) is 7. The first-order valence-electron chi connectivity index (χ1n) is 10.7. The highest BCUT2D eigenvalue weighted by atomic mass is 16.5. The maximum absolute atomic E-state index is 10.2. The van der Waals surface area contributed by atoms with E-state index in [9.17, 15) is 10.5 Å². The Morgan fingerprint density at radius 1 is 1.09 bits per heavy atom. The summed E-state index contributed by atoms with van der Waals surface area (Å²) in [5.74, 6) is 0.984. The van der Waals surface area contributed by atoms with E-state index in [-0.39, 0.29) is 6.10 Å². The first-order valence-corrected chi connectivity index (χ1v) is 10.7. The Morgan fingerprint density at radius 2 is 1.91 bits per heavy atom. The summed E-state index contributed by atoms with van der Waals surface area (Å²) in [6.45, 7) is 3.51. The molecule has 0 aliphatic carbocycles. The van der Waals surface area contributed by atoms with Gasteiger partial charge in [0, 0.05) is 43.1 Å². The molecule has 1 saturated heterocycles. The minimum Gasteiger partial charge on any atom is -0.497 e. The van der Waals surface area contributed by atoms with Crippen LogP contribution in [0.25, 0.3) is 22.4 Å². The molecule has 2 N–H and O–H groups in total. The number of nitrogen functional groups attached to an aromatic ring is 1. The van der Waals surface area contributed by atoms with Crippen LogP contribution in [0.1, 0.15) is 23.1 Å².